The number of ether oxygens (including phenoxy) is 1. The van der Waals surface area contributed by atoms with Gasteiger partial charge in [-0.05, 0) is 62.0 Å². The summed E-state index contributed by atoms with van der Waals surface area (Å²) in [5.74, 6) is -3.40. The molecule has 0 radical (unpaired) electrons. The van der Waals surface area contributed by atoms with E-state index in [2.05, 4.69) is 0 Å². The number of alkyl halides is 1. The van der Waals surface area contributed by atoms with Crippen LogP contribution in [0.3, 0.4) is 0 Å². The highest BCUT2D eigenvalue weighted by Gasteiger charge is 2.71. The Labute approximate surface area is 181 Å². The first kappa shape index (κ1) is 17.8. The van der Waals surface area contributed by atoms with Gasteiger partial charge in [-0.2, -0.15) is 0 Å². The van der Waals surface area contributed by atoms with Crippen molar-refractivity contribution in [1.29, 1.82) is 0 Å². The van der Waals surface area contributed by atoms with Crippen molar-refractivity contribution in [1.82, 2.24) is 0 Å². The number of rotatable bonds is 3. The number of esters is 1. The van der Waals surface area contributed by atoms with Gasteiger partial charge in [0.2, 0.25) is 0 Å². The molecule has 4 aliphatic rings. The van der Waals surface area contributed by atoms with E-state index in [1.54, 1.807) is 13.0 Å². The molecule has 3 fully saturated rings. The van der Waals surface area contributed by atoms with E-state index in [9.17, 15) is 19.5 Å². The molecule has 30 heavy (non-hydrogen) atoms. The summed E-state index contributed by atoms with van der Waals surface area (Å²) in [4.78, 5) is 36.7. The average Bonchev–Trinajstić information content (AvgIpc) is 2.96. The van der Waals surface area contributed by atoms with Crippen LogP contribution in [0.25, 0.3) is 0 Å². The summed E-state index contributed by atoms with van der Waals surface area (Å²) in [6.07, 6.45) is 4.77. The van der Waals surface area contributed by atoms with Gasteiger partial charge < -0.3 is 9.84 Å². The Morgan fingerprint density at radius 3 is 2.80 bits per heavy atom. The van der Waals surface area contributed by atoms with Crippen LogP contribution < -0.4 is 0 Å². The minimum atomic E-state index is -2.94. The fourth-order valence-electron chi connectivity index (χ4n) is 7.49. The van der Waals surface area contributed by atoms with Gasteiger partial charge in [0.15, 0.2) is 17.2 Å². The second kappa shape index (κ2) is 6.84. The first-order valence-electron chi connectivity index (χ1n) is 12.2. The fourth-order valence-corrected chi connectivity index (χ4v) is 7.49. The fraction of sp³-hybridized carbons (Fsp3) is 0.708. The van der Waals surface area contributed by atoms with E-state index < -0.39 is 59.6 Å². The molecular weight excluding hydrogens is 387 g/mol. The van der Waals surface area contributed by atoms with Gasteiger partial charge in [-0.15, -0.1) is 0 Å². The third-order valence-electron chi connectivity index (χ3n) is 8.67. The molecule has 3 saturated carbocycles. The lowest BCUT2D eigenvalue weighted by molar-refractivity contribution is -0.196. The number of fused-ring (bicyclic) bond motifs is 5. The van der Waals surface area contributed by atoms with E-state index in [1.807, 2.05) is 13.8 Å². The predicted octanol–water partition coefficient (Wildman–Crippen LogP) is 3.35. The van der Waals surface area contributed by atoms with E-state index >= 15 is 4.39 Å². The second-order valence-electron chi connectivity index (χ2n) is 10.1. The number of carbonyl (C=O) groups excluding carboxylic acids is 3. The molecule has 0 unspecified atom stereocenters. The van der Waals surface area contributed by atoms with Crippen molar-refractivity contribution < 1.29 is 32.7 Å². The summed E-state index contributed by atoms with van der Waals surface area (Å²) in [6, 6.07) is 0. The Hall–Kier alpha value is -1.82. The van der Waals surface area contributed by atoms with Gasteiger partial charge in [-0.3, -0.25) is 14.4 Å². The van der Waals surface area contributed by atoms with E-state index in [4.69, 9.17) is 8.85 Å². The van der Waals surface area contributed by atoms with Crippen LogP contribution in [0.5, 0.6) is 0 Å². The molecule has 164 valence electrons. The molecule has 1 N–H and O–H groups in total. The van der Waals surface area contributed by atoms with Gasteiger partial charge in [0.1, 0.15) is 6.61 Å². The number of allylic oxidation sites excluding steroid dienone is 4. The number of hydrogen-bond acceptors (Lipinski definition) is 5. The molecule has 0 aromatic carbocycles. The zero-order valence-corrected chi connectivity index (χ0v) is 17.6. The number of aliphatic hydroxyl groups is 1. The lowest BCUT2D eigenvalue weighted by Gasteiger charge is -2.61. The molecule has 0 aromatic rings. The van der Waals surface area contributed by atoms with Gasteiger partial charge >= 0.3 is 5.97 Å². The number of halogens is 1. The van der Waals surface area contributed by atoms with Crippen molar-refractivity contribution in [2.75, 3.05) is 6.61 Å². The van der Waals surface area contributed by atoms with Crippen LogP contribution in [-0.4, -0.2) is 41.0 Å². The van der Waals surface area contributed by atoms with E-state index in [1.165, 1.54) is 12.2 Å². The minimum Gasteiger partial charge on any atom is -0.458 e. The molecule has 0 aliphatic heterocycles. The number of carbonyl (C=O) groups is 3. The van der Waals surface area contributed by atoms with Crippen LogP contribution in [0.1, 0.15) is 57.4 Å². The van der Waals surface area contributed by atoms with Crippen molar-refractivity contribution in [3.05, 3.63) is 23.8 Å². The van der Waals surface area contributed by atoms with Crippen molar-refractivity contribution in [3.63, 3.8) is 0 Å². The second-order valence-corrected chi connectivity index (χ2v) is 10.1. The predicted molar refractivity (Wildman–Crippen MR) is 108 cm³/mol. The van der Waals surface area contributed by atoms with Gasteiger partial charge in [-0.1, -0.05) is 25.5 Å². The molecule has 4 rings (SSSR count). The lowest BCUT2D eigenvalue weighted by Crippen LogP contribution is -2.66. The molecule has 0 saturated heterocycles. The Morgan fingerprint density at radius 2 is 2.10 bits per heavy atom. The number of Topliss-reactive ketones (excluding diaryl/α,β-unsaturated/α-hetero) is 1. The topological polar surface area (TPSA) is 80.7 Å². The van der Waals surface area contributed by atoms with Crippen molar-refractivity contribution >= 4 is 17.5 Å². The first-order chi connectivity index (χ1) is 15.2. The highest BCUT2D eigenvalue weighted by atomic mass is 19.1. The Kier molecular flexibility index (Phi) is 4.06. The van der Waals surface area contributed by atoms with Gasteiger partial charge in [-0.25, -0.2) is 4.39 Å². The summed E-state index contributed by atoms with van der Waals surface area (Å²) in [5.41, 5.74) is -3.07. The van der Waals surface area contributed by atoms with Crippen molar-refractivity contribution in [2.24, 2.45) is 34.5 Å². The largest absolute Gasteiger partial charge is 0.458 e. The lowest BCUT2D eigenvalue weighted by atomic mass is 9.45. The summed E-state index contributed by atoms with van der Waals surface area (Å²) in [7, 11) is 0. The highest BCUT2D eigenvalue weighted by molar-refractivity contribution is 6.01. The molecule has 8 atom stereocenters. The molecule has 6 heteroatoms. The first-order valence-corrected chi connectivity index (χ1v) is 10.7. The normalized spacial score (nSPS) is 49.0. The van der Waals surface area contributed by atoms with E-state index in [0.29, 0.717) is 24.8 Å². The maximum absolute atomic E-state index is 17.0. The van der Waals surface area contributed by atoms with E-state index in [-0.39, 0.29) is 24.0 Å². The Bertz CT molecular complexity index is 958. The zero-order valence-electron chi connectivity index (χ0n) is 20.6. The Balaban J connectivity index is 1.64. The maximum Gasteiger partial charge on any atom is 0.303 e. The molecule has 0 spiro atoms. The van der Waals surface area contributed by atoms with Crippen LogP contribution in [0.4, 0.5) is 4.39 Å². The van der Waals surface area contributed by atoms with Crippen LogP contribution >= 0.6 is 0 Å². The van der Waals surface area contributed by atoms with Crippen LogP contribution in [0, 0.1) is 34.5 Å². The van der Waals surface area contributed by atoms with Crippen molar-refractivity contribution in [3.8, 4) is 0 Å². The average molecular weight is 422 g/mol. The number of hydrogen-bond donors (Lipinski definition) is 1. The Morgan fingerprint density at radius 1 is 1.37 bits per heavy atom. The van der Waals surface area contributed by atoms with Gasteiger partial charge in [0.05, 0.1) is 6.10 Å². The molecule has 0 amide bonds. The molecule has 0 heterocycles. The number of ketones is 2. The summed E-state index contributed by atoms with van der Waals surface area (Å²) in [5, 5.41) is 11.3. The van der Waals surface area contributed by atoms with Crippen molar-refractivity contribution in [2.45, 2.75) is 65.1 Å². The molecule has 4 aliphatic carbocycles. The molecule has 0 aromatic heterocycles. The standard InChI is InChI=1S/C24H31FO5/c1-13-9-18-17-6-5-15-10-16(27)7-8-23(15,4)24(17,25)20(29)11-22(18,3)21(13)19(28)12-30-14(2)26/h7-8,10,13,17-18,20-21,29H,5-6,9,11-12H2,1-4H3/t13-,17+,18+,20+,21-,22+,23+,24+/m1/s1/i2D3. The maximum atomic E-state index is 17.0. The van der Waals surface area contributed by atoms with Crippen LogP contribution in [0.2, 0.25) is 0 Å². The van der Waals surface area contributed by atoms with E-state index in [0.717, 1.165) is 0 Å². The molecule has 0 bridgehead atoms. The molecule has 5 nitrogen and oxygen atoms in total. The SMILES string of the molecule is [2H]C([2H])([2H])C(=O)OCC(=O)[C@H]1[C@H](C)C[C@H]2[C@@H]3CCC4=CC(=O)C=C[C@]4(C)[C@@]3(F)[C@@H](O)C[C@@]21C. The minimum absolute atomic E-state index is 0.0588. The van der Waals surface area contributed by atoms with Crippen LogP contribution in [0.15, 0.2) is 23.8 Å². The third-order valence-corrected chi connectivity index (χ3v) is 8.67. The highest BCUT2D eigenvalue weighted by Crippen LogP contribution is 2.69. The molecular formula is C24H31FO5. The third kappa shape index (κ3) is 2.72. The smallest absolute Gasteiger partial charge is 0.303 e. The van der Waals surface area contributed by atoms with Gasteiger partial charge in [0.25, 0.3) is 0 Å². The quantitative estimate of drug-likeness (QED) is 0.707. The summed E-state index contributed by atoms with van der Waals surface area (Å²) < 4.78 is 43.1. The summed E-state index contributed by atoms with van der Waals surface area (Å²) in [6.45, 7) is 1.95. The zero-order chi connectivity index (χ0) is 24.6. The number of aliphatic hydroxyl groups excluding tert-OH is 1. The van der Waals surface area contributed by atoms with Crippen LogP contribution in [-0.2, 0) is 19.1 Å². The van der Waals surface area contributed by atoms with Gasteiger partial charge in [0, 0.05) is 28.2 Å². The summed E-state index contributed by atoms with van der Waals surface area (Å²) >= 11 is 0. The monoisotopic (exact) mass is 421 g/mol.